The van der Waals surface area contributed by atoms with Crippen molar-refractivity contribution in [3.63, 3.8) is 0 Å². The Morgan fingerprint density at radius 2 is 1.70 bits per heavy atom. The first kappa shape index (κ1) is 36.0. The van der Waals surface area contributed by atoms with Crippen molar-refractivity contribution >= 4 is 33.2 Å². The number of ether oxygens (including phenoxy) is 3. The average Bonchev–Trinajstić information content (AvgIpc) is 3.10. The Labute approximate surface area is 301 Å². The van der Waals surface area contributed by atoms with Gasteiger partial charge in [-0.1, -0.05) is 31.0 Å². The van der Waals surface area contributed by atoms with Crippen LogP contribution in [0.2, 0.25) is 5.02 Å². The van der Waals surface area contributed by atoms with E-state index in [0.29, 0.717) is 61.1 Å². The van der Waals surface area contributed by atoms with Crippen molar-refractivity contribution in [3.8, 4) is 5.75 Å². The summed E-state index contributed by atoms with van der Waals surface area (Å²) < 4.78 is 48.8. The Hall–Kier alpha value is -2.41. The SMILES string of the molecule is C[C@@H]1[C@@H](C)CCC[C@@H]([C@H]2OC[C@@H](N3CC(O)C3)CO2)[C@@H]2CC[C@H]2CN2CCCCc3cc(Cl)ccc3COc3ccc(cc32)C(=O)NS1(=O)=O. The highest BCUT2D eigenvalue weighted by atomic mass is 35.5. The van der Waals surface area contributed by atoms with E-state index in [-0.39, 0.29) is 30.3 Å². The number of nitrogens with zero attached hydrogens (tertiary/aromatic N) is 2. The van der Waals surface area contributed by atoms with Gasteiger partial charge in [-0.15, -0.1) is 0 Å². The zero-order valence-electron chi connectivity index (χ0n) is 29.3. The number of rotatable bonds is 2. The van der Waals surface area contributed by atoms with E-state index in [1.807, 2.05) is 37.3 Å². The second kappa shape index (κ2) is 15.3. The highest BCUT2D eigenvalue weighted by molar-refractivity contribution is 7.90. The molecule has 10 nitrogen and oxygen atoms in total. The molecule has 2 aromatic rings. The maximum atomic E-state index is 13.5. The van der Waals surface area contributed by atoms with Crippen molar-refractivity contribution in [1.29, 1.82) is 0 Å². The van der Waals surface area contributed by atoms with Crippen LogP contribution in [0.3, 0.4) is 0 Å². The average molecular weight is 730 g/mol. The van der Waals surface area contributed by atoms with Crippen LogP contribution in [0.15, 0.2) is 36.4 Å². The molecule has 5 aliphatic rings. The molecule has 274 valence electrons. The third-order valence-corrected chi connectivity index (χ3v) is 14.3. The molecule has 50 heavy (non-hydrogen) atoms. The number of aryl methyl sites for hydroxylation is 1. The number of carbonyl (C=O) groups excluding carboxylic acids is 1. The molecule has 4 aliphatic heterocycles. The van der Waals surface area contributed by atoms with Gasteiger partial charge in [-0.25, -0.2) is 13.1 Å². The summed E-state index contributed by atoms with van der Waals surface area (Å²) in [5, 5.41) is 9.79. The number of likely N-dealkylation sites (tertiary alicyclic amines) is 1. The third kappa shape index (κ3) is 7.83. The first-order chi connectivity index (χ1) is 24.1. The Morgan fingerprint density at radius 3 is 2.44 bits per heavy atom. The molecule has 0 unspecified atom stereocenters. The molecular formula is C38H52ClN3O7S. The number of aliphatic hydroxyl groups is 1. The zero-order valence-corrected chi connectivity index (χ0v) is 30.8. The number of hydrogen-bond acceptors (Lipinski definition) is 9. The lowest BCUT2D eigenvalue weighted by molar-refractivity contribution is -0.250. The molecule has 2 N–H and O–H groups in total. The number of fused-ring (bicyclic) bond motifs is 3. The fourth-order valence-corrected chi connectivity index (χ4v) is 10.1. The van der Waals surface area contributed by atoms with E-state index < -0.39 is 21.2 Å². The summed E-state index contributed by atoms with van der Waals surface area (Å²) in [5.74, 6) is 0.902. The normalized spacial score (nSPS) is 32.9. The molecule has 1 amide bonds. The van der Waals surface area contributed by atoms with Crippen LogP contribution in [0.4, 0.5) is 5.69 Å². The molecular weight excluding hydrogens is 678 g/mol. The van der Waals surface area contributed by atoms with Crippen LogP contribution in [0.25, 0.3) is 0 Å². The van der Waals surface area contributed by atoms with Crippen molar-refractivity contribution in [2.75, 3.05) is 44.3 Å². The Bertz CT molecular complexity index is 1630. The van der Waals surface area contributed by atoms with Crippen molar-refractivity contribution in [3.05, 3.63) is 58.1 Å². The Morgan fingerprint density at radius 1 is 0.900 bits per heavy atom. The van der Waals surface area contributed by atoms with Gasteiger partial charge in [-0.05, 0) is 111 Å². The second-order valence-corrected chi connectivity index (χ2v) is 17.8. The number of sulfonamides is 1. The second-order valence-electron chi connectivity index (χ2n) is 15.3. The fraction of sp³-hybridized carbons (Fsp3) is 0.658. The molecule has 7 rings (SSSR count). The van der Waals surface area contributed by atoms with Crippen LogP contribution in [0, 0.1) is 23.7 Å². The number of anilines is 1. The van der Waals surface area contributed by atoms with Gasteiger partial charge in [-0.2, -0.15) is 0 Å². The van der Waals surface area contributed by atoms with Gasteiger partial charge in [0.05, 0.1) is 36.3 Å². The molecule has 0 radical (unpaired) electrons. The topological polar surface area (TPSA) is 118 Å². The summed E-state index contributed by atoms with van der Waals surface area (Å²) in [6.07, 6.45) is 6.88. The Balaban J connectivity index is 1.19. The summed E-state index contributed by atoms with van der Waals surface area (Å²) >= 11 is 6.38. The number of halogens is 1. The number of β-amino-alcohol motifs (C(OH)–C–C–N with tert-alkyl or cyclic N) is 1. The smallest absolute Gasteiger partial charge is 0.264 e. The monoisotopic (exact) mass is 729 g/mol. The number of hydrogen-bond donors (Lipinski definition) is 2. The highest BCUT2D eigenvalue weighted by Gasteiger charge is 2.45. The van der Waals surface area contributed by atoms with Crippen LogP contribution < -0.4 is 14.4 Å². The fourth-order valence-electron chi connectivity index (χ4n) is 8.55. The molecule has 2 aromatic carbocycles. The van der Waals surface area contributed by atoms with Gasteiger partial charge in [0.15, 0.2) is 6.29 Å². The quantitative estimate of drug-likeness (QED) is 0.420. The van der Waals surface area contributed by atoms with Gasteiger partial charge in [0.2, 0.25) is 10.0 Å². The predicted octanol–water partition coefficient (Wildman–Crippen LogP) is 5.39. The molecule has 3 fully saturated rings. The minimum Gasteiger partial charge on any atom is -0.487 e. The number of nitrogens with one attached hydrogen (secondary N) is 1. The zero-order chi connectivity index (χ0) is 35.0. The number of amides is 1. The van der Waals surface area contributed by atoms with E-state index in [4.69, 9.17) is 25.8 Å². The molecule has 4 heterocycles. The van der Waals surface area contributed by atoms with Gasteiger partial charge in [0.25, 0.3) is 5.91 Å². The number of carbonyl (C=O) groups is 1. The number of aliphatic hydroxyl groups excluding tert-OH is 1. The molecule has 2 saturated heterocycles. The lowest BCUT2D eigenvalue weighted by Crippen LogP contribution is -2.60. The molecule has 0 aromatic heterocycles. The van der Waals surface area contributed by atoms with Gasteiger partial charge in [0.1, 0.15) is 12.4 Å². The van der Waals surface area contributed by atoms with E-state index in [2.05, 4.69) is 14.5 Å². The first-order valence-electron chi connectivity index (χ1n) is 18.6. The van der Waals surface area contributed by atoms with Crippen LogP contribution in [0.1, 0.15) is 80.3 Å². The third-order valence-electron chi connectivity index (χ3n) is 12.1. The van der Waals surface area contributed by atoms with Crippen LogP contribution in [0.5, 0.6) is 5.75 Å². The van der Waals surface area contributed by atoms with E-state index in [1.165, 1.54) is 5.56 Å². The summed E-state index contributed by atoms with van der Waals surface area (Å²) in [6, 6.07) is 11.4. The molecule has 2 bridgehead atoms. The molecule has 12 heteroatoms. The first-order valence-corrected chi connectivity index (χ1v) is 20.5. The standard InChI is InChI=1S/C38H52ClN3O7S/c1-24-6-5-8-34(38-48-22-31(23-49-38)42-19-32(43)20-42)33-13-10-28(33)18-41-15-4-3-7-26-16-30(39)12-9-29(26)21-47-36-14-11-27(17-35(36)41)37(44)40-50(45,46)25(24)2/h9,11-12,14,16-17,24-25,28,31-34,38,43H,3-8,10,13,15,18-23H2,1-2H3,(H,40,44)/t24-,25+,28-,31-,33+,34+,38+/m0/s1. The minimum absolute atomic E-state index is 0.143. The van der Waals surface area contributed by atoms with Crippen molar-refractivity contribution < 1.29 is 32.5 Å². The van der Waals surface area contributed by atoms with Gasteiger partial charge >= 0.3 is 0 Å². The van der Waals surface area contributed by atoms with Gasteiger partial charge in [0, 0.05) is 42.7 Å². The van der Waals surface area contributed by atoms with Gasteiger partial charge in [-0.3, -0.25) is 9.69 Å². The van der Waals surface area contributed by atoms with E-state index in [1.54, 1.807) is 13.0 Å². The lowest BCUT2D eigenvalue weighted by Gasteiger charge is -2.49. The molecule has 5 atom stereocenters. The van der Waals surface area contributed by atoms with Crippen LogP contribution >= 0.6 is 11.6 Å². The summed E-state index contributed by atoms with van der Waals surface area (Å²) in [6.45, 7) is 8.10. The maximum absolute atomic E-state index is 13.5. The van der Waals surface area contributed by atoms with E-state index in [0.717, 1.165) is 75.7 Å². The van der Waals surface area contributed by atoms with Gasteiger partial charge < -0.3 is 24.2 Å². The summed E-state index contributed by atoms with van der Waals surface area (Å²) in [4.78, 5) is 18.1. The summed E-state index contributed by atoms with van der Waals surface area (Å²) in [5.41, 5.74) is 3.38. The van der Waals surface area contributed by atoms with Crippen LogP contribution in [-0.4, -0.2) is 87.4 Å². The van der Waals surface area contributed by atoms with E-state index >= 15 is 0 Å². The molecule has 1 saturated carbocycles. The van der Waals surface area contributed by atoms with Crippen molar-refractivity contribution in [2.24, 2.45) is 23.7 Å². The van der Waals surface area contributed by atoms with Crippen molar-refractivity contribution in [2.45, 2.75) is 95.5 Å². The van der Waals surface area contributed by atoms with Crippen molar-refractivity contribution in [1.82, 2.24) is 9.62 Å². The maximum Gasteiger partial charge on any atom is 0.264 e. The highest BCUT2D eigenvalue weighted by Crippen LogP contribution is 2.46. The lowest BCUT2D eigenvalue weighted by atomic mass is 9.65. The van der Waals surface area contributed by atoms with Crippen LogP contribution in [-0.2, 0) is 32.5 Å². The van der Waals surface area contributed by atoms with E-state index in [9.17, 15) is 18.3 Å². The number of benzene rings is 2. The Kier molecular flexibility index (Phi) is 11.0. The molecule has 0 spiro atoms. The predicted molar refractivity (Wildman–Crippen MR) is 193 cm³/mol. The summed E-state index contributed by atoms with van der Waals surface area (Å²) in [7, 11) is -3.92. The molecule has 1 aliphatic carbocycles. The minimum atomic E-state index is -3.92. The largest absolute Gasteiger partial charge is 0.487 e.